The first-order valence-electron chi connectivity index (χ1n) is 17.1. The molecule has 3 N–H and O–H groups in total. The average molecular weight is 725 g/mol. The lowest BCUT2D eigenvalue weighted by molar-refractivity contribution is -0.264. The number of nitrogens with one attached hydrogen (secondary N) is 1. The predicted octanol–water partition coefficient (Wildman–Crippen LogP) is 7.56. The second kappa shape index (κ2) is 15.3. The second-order valence-electron chi connectivity index (χ2n) is 13.3. The van der Waals surface area contributed by atoms with Crippen LogP contribution in [-0.2, 0) is 31.7 Å². The van der Waals surface area contributed by atoms with E-state index in [9.17, 15) is 18.6 Å². The van der Waals surface area contributed by atoms with Gasteiger partial charge in [-0.3, -0.25) is 4.72 Å². The summed E-state index contributed by atoms with van der Waals surface area (Å²) in [7, 11) is -3.81. The van der Waals surface area contributed by atoms with Crippen LogP contribution in [0.3, 0.4) is 0 Å². The number of ether oxygens (including phenoxy) is 2. The van der Waals surface area contributed by atoms with Crippen molar-refractivity contribution in [2.24, 2.45) is 0 Å². The molecule has 7 rings (SSSR count). The molecule has 0 aromatic heterocycles. The highest BCUT2D eigenvalue weighted by Crippen LogP contribution is 2.47. The molecule has 0 aliphatic carbocycles. The first kappa shape index (κ1) is 35.3. The average Bonchev–Trinajstić information content (AvgIpc) is 3.16. The van der Waals surface area contributed by atoms with Gasteiger partial charge in [-0.25, -0.2) is 8.42 Å². The number of benzene rings is 5. The van der Waals surface area contributed by atoms with Crippen molar-refractivity contribution in [2.45, 2.75) is 54.4 Å². The van der Waals surface area contributed by atoms with Gasteiger partial charge in [0.1, 0.15) is 0 Å². The minimum Gasteiger partial charge on any atom is -0.392 e. The first-order chi connectivity index (χ1) is 24.7. The van der Waals surface area contributed by atoms with Gasteiger partial charge in [-0.2, -0.15) is 0 Å². The van der Waals surface area contributed by atoms with Crippen molar-refractivity contribution in [2.75, 3.05) is 24.4 Å². The van der Waals surface area contributed by atoms with E-state index in [-0.39, 0.29) is 23.5 Å². The number of aliphatic hydroxyl groups is 2. The molecule has 0 bridgehead atoms. The standard InChI is InChI=1S/C41H41ClN2O6S/c42-34-20-18-33(19-21-34)41(46)22-24-44(25-23-41)27-37-38(30-8-3-1-4-9-30)39(31-16-14-29(28-45)15-17-31)50-40(49-37)32-10-7-11-35(26-32)43-51(47,48)36-12-5-2-6-13-36/h1-21,26,37-40,43,45-46H,22-25,27-28H2. The number of sulfonamides is 1. The van der Waals surface area contributed by atoms with Crippen LogP contribution in [0.4, 0.5) is 5.69 Å². The Labute approximate surface area is 304 Å². The van der Waals surface area contributed by atoms with Gasteiger partial charge in [0.15, 0.2) is 6.29 Å². The summed E-state index contributed by atoms with van der Waals surface area (Å²) < 4.78 is 42.8. The highest BCUT2D eigenvalue weighted by molar-refractivity contribution is 7.92. The molecular formula is C41H41ClN2O6S. The van der Waals surface area contributed by atoms with E-state index in [1.807, 2.05) is 72.8 Å². The summed E-state index contributed by atoms with van der Waals surface area (Å²) >= 11 is 6.13. The van der Waals surface area contributed by atoms with E-state index in [0.717, 1.165) is 22.3 Å². The van der Waals surface area contributed by atoms with Crippen LogP contribution in [0.5, 0.6) is 0 Å². The topological polar surface area (TPSA) is 108 Å². The minimum absolute atomic E-state index is 0.0642. The van der Waals surface area contributed by atoms with E-state index in [1.165, 1.54) is 0 Å². The van der Waals surface area contributed by atoms with Gasteiger partial charge in [-0.15, -0.1) is 0 Å². The molecule has 2 fully saturated rings. The third-order valence-electron chi connectivity index (χ3n) is 9.94. The number of hydrogen-bond acceptors (Lipinski definition) is 7. The number of halogens is 1. The smallest absolute Gasteiger partial charge is 0.261 e. The van der Waals surface area contributed by atoms with Gasteiger partial charge in [0.2, 0.25) is 0 Å². The van der Waals surface area contributed by atoms with Gasteiger partial charge in [-0.05, 0) is 71.5 Å². The normalized spacial score (nSPS) is 22.3. The molecule has 2 heterocycles. The molecule has 264 valence electrons. The van der Waals surface area contributed by atoms with Crippen molar-refractivity contribution in [1.29, 1.82) is 0 Å². The minimum atomic E-state index is -3.81. The Bertz CT molecular complexity index is 2010. The number of likely N-dealkylation sites (tertiary alicyclic amines) is 1. The predicted molar refractivity (Wildman–Crippen MR) is 198 cm³/mol. The van der Waals surface area contributed by atoms with E-state index < -0.39 is 28.0 Å². The number of piperidine rings is 1. The van der Waals surface area contributed by atoms with Gasteiger partial charge in [0, 0.05) is 41.8 Å². The van der Waals surface area contributed by atoms with Crippen LogP contribution in [0, 0.1) is 0 Å². The van der Waals surface area contributed by atoms with Gasteiger partial charge in [0.05, 0.1) is 29.3 Å². The van der Waals surface area contributed by atoms with Crippen LogP contribution < -0.4 is 4.72 Å². The highest BCUT2D eigenvalue weighted by atomic mass is 35.5. The fourth-order valence-corrected chi connectivity index (χ4v) is 8.33. The third kappa shape index (κ3) is 8.05. The summed E-state index contributed by atoms with van der Waals surface area (Å²) in [6, 6.07) is 40.8. The second-order valence-corrected chi connectivity index (χ2v) is 15.4. The molecule has 8 nitrogen and oxygen atoms in total. The molecule has 0 radical (unpaired) electrons. The third-order valence-corrected chi connectivity index (χ3v) is 11.6. The van der Waals surface area contributed by atoms with Crippen molar-refractivity contribution in [3.05, 3.63) is 166 Å². The molecule has 0 amide bonds. The Hall–Kier alpha value is -4.06. The molecule has 5 aromatic rings. The number of aliphatic hydroxyl groups excluding tert-OH is 1. The Morgan fingerprint density at radius 2 is 1.41 bits per heavy atom. The quantitative estimate of drug-likeness (QED) is 0.137. The largest absolute Gasteiger partial charge is 0.392 e. The van der Waals surface area contributed by atoms with Crippen molar-refractivity contribution >= 4 is 27.3 Å². The fourth-order valence-electron chi connectivity index (χ4n) is 7.14. The van der Waals surface area contributed by atoms with Gasteiger partial charge < -0.3 is 24.6 Å². The van der Waals surface area contributed by atoms with Crippen LogP contribution in [0.1, 0.15) is 59.0 Å². The van der Waals surface area contributed by atoms with Gasteiger partial charge in [0.25, 0.3) is 10.0 Å². The monoisotopic (exact) mass is 724 g/mol. The number of nitrogens with zero attached hydrogens (tertiary/aromatic N) is 1. The molecular weight excluding hydrogens is 684 g/mol. The van der Waals surface area contributed by atoms with E-state index in [2.05, 4.69) is 21.8 Å². The van der Waals surface area contributed by atoms with Gasteiger partial charge >= 0.3 is 0 Å². The summed E-state index contributed by atoms with van der Waals surface area (Å²) in [5, 5.41) is 22.0. The summed E-state index contributed by atoms with van der Waals surface area (Å²) in [6.07, 6.45) is -0.446. The Morgan fingerprint density at radius 3 is 2.08 bits per heavy atom. The molecule has 51 heavy (non-hydrogen) atoms. The van der Waals surface area contributed by atoms with Crippen molar-refractivity contribution in [3.63, 3.8) is 0 Å². The number of anilines is 1. The lowest BCUT2D eigenvalue weighted by atomic mass is 9.81. The molecule has 2 aliphatic rings. The zero-order valence-corrected chi connectivity index (χ0v) is 29.6. The van der Waals surface area contributed by atoms with Gasteiger partial charge in [-0.1, -0.05) is 109 Å². The Kier molecular flexibility index (Phi) is 10.6. The number of rotatable bonds is 10. The molecule has 5 aromatic carbocycles. The van der Waals surface area contributed by atoms with Crippen molar-refractivity contribution < 1.29 is 28.1 Å². The number of hydrogen-bond donors (Lipinski definition) is 3. The van der Waals surface area contributed by atoms with Crippen LogP contribution in [0.15, 0.2) is 138 Å². The molecule has 2 saturated heterocycles. The Balaban J connectivity index is 1.20. The summed E-state index contributed by atoms with van der Waals surface area (Å²) in [5.41, 5.74) is 3.80. The molecule has 4 unspecified atom stereocenters. The maximum atomic E-state index is 13.2. The fraction of sp³-hybridized carbons (Fsp3) is 0.268. The molecule has 0 spiro atoms. The molecule has 0 saturated carbocycles. The molecule has 4 atom stereocenters. The van der Waals surface area contributed by atoms with E-state index in [1.54, 1.807) is 48.5 Å². The Morgan fingerprint density at radius 1 is 0.765 bits per heavy atom. The highest BCUT2D eigenvalue weighted by Gasteiger charge is 2.44. The van der Waals surface area contributed by atoms with Crippen LogP contribution in [0.25, 0.3) is 0 Å². The SMILES string of the molecule is O=S(=O)(Nc1cccc(C2OC(CN3CCC(O)(c4ccc(Cl)cc4)CC3)C(c3ccccc3)C(c3ccc(CO)cc3)O2)c1)c1ccccc1. The lowest BCUT2D eigenvalue weighted by Gasteiger charge is -2.46. The van der Waals surface area contributed by atoms with Crippen LogP contribution >= 0.6 is 11.6 Å². The maximum Gasteiger partial charge on any atom is 0.261 e. The first-order valence-corrected chi connectivity index (χ1v) is 19.0. The maximum absolute atomic E-state index is 13.2. The van der Waals surface area contributed by atoms with E-state index >= 15 is 0 Å². The van der Waals surface area contributed by atoms with E-state index in [0.29, 0.717) is 48.7 Å². The summed E-state index contributed by atoms with van der Waals surface area (Å²) in [5.74, 6) is -0.195. The summed E-state index contributed by atoms with van der Waals surface area (Å²) in [6.45, 7) is 1.85. The zero-order valence-electron chi connectivity index (χ0n) is 28.0. The molecule has 2 aliphatic heterocycles. The molecule has 10 heteroatoms. The van der Waals surface area contributed by atoms with Crippen molar-refractivity contribution in [1.82, 2.24) is 4.90 Å². The zero-order chi connectivity index (χ0) is 35.4. The van der Waals surface area contributed by atoms with E-state index in [4.69, 9.17) is 21.1 Å². The van der Waals surface area contributed by atoms with Crippen LogP contribution in [0.2, 0.25) is 5.02 Å². The van der Waals surface area contributed by atoms with Crippen LogP contribution in [-0.4, -0.2) is 49.3 Å². The summed E-state index contributed by atoms with van der Waals surface area (Å²) in [4.78, 5) is 2.51. The van der Waals surface area contributed by atoms with Crippen molar-refractivity contribution in [3.8, 4) is 0 Å². The lowest BCUT2D eigenvalue weighted by Crippen LogP contribution is -2.49.